The molecular formula is C23H22N2OS2. The third-order valence-electron chi connectivity index (χ3n) is 5.35. The number of nitrogens with zero attached hydrogens (tertiary/aromatic N) is 1. The van der Waals surface area contributed by atoms with Crippen LogP contribution in [-0.4, -0.2) is 18.1 Å². The van der Waals surface area contributed by atoms with E-state index in [-0.39, 0.29) is 5.56 Å². The lowest BCUT2D eigenvalue weighted by Gasteiger charge is -2.24. The van der Waals surface area contributed by atoms with Gasteiger partial charge in [0.1, 0.15) is 0 Å². The number of H-pyrrole nitrogens is 1. The number of hydrogen-bond donors (Lipinski definition) is 1. The lowest BCUT2D eigenvalue weighted by atomic mass is 10.1. The van der Waals surface area contributed by atoms with E-state index in [1.54, 1.807) is 17.8 Å². The van der Waals surface area contributed by atoms with Crippen molar-refractivity contribution in [2.75, 3.05) is 18.0 Å². The molecule has 2 aliphatic rings. The molecule has 0 saturated carbocycles. The van der Waals surface area contributed by atoms with Crippen molar-refractivity contribution >= 4 is 29.2 Å². The van der Waals surface area contributed by atoms with E-state index >= 15 is 0 Å². The number of rotatable bonds is 2. The Morgan fingerprint density at radius 2 is 1.50 bits per heavy atom. The number of aromatic nitrogens is 1. The van der Waals surface area contributed by atoms with Gasteiger partial charge in [-0.15, -0.1) is 0 Å². The number of anilines is 1. The summed E-state index contributed by atoms with van der Waals surface area (Å²) in [5.74, 6) is 0. The maximum Gasteiger partial charge on any atom is 0.250 e. The van der Waals surface area contributed by atoms with Crippen molar-refractivity contribution in [3.05, 3.63) is 65.0 Å². The fourth-order valence-electron chi connectivity index (χ4n) is 3.95. The second-order valence-electron chi connectivity index (χ2n) is 7.30. The van der Waals surface area contributed by atoms with Crippen LogP contribution in [0.2, 0.25) is 0 Å². The van der Waals surface area contributed by atoms with Crippen LogP contribution in [0.15, 0.2) is 79.0 Å². The zero-order chi connectivity index (χ0) is 18.9. The topological polar surface area (TPSA) is 36.1 Å². The minimum Gasteiger partial charge on any atom is -0.371 e. The first-order chi connectivity index (χ1) is 13.8. The first-order valence-corrected chi connectivity index (χ1v) is 11.5. The Kier molecular flexibility index (Phi) is 4.95. The van der Waals surface area contributed by atoms with Crippen LogP contribution in [0.1, 0.15) is 25.7 Å². The summed E-state index contributed by atoms with van der Waals surface area (Å²) in [5, 5.41) is 0. The van der Waals surface area contributed by atoms with Gasteiger partial charge in [0.2, 0.25) is 5.56 Å². The van der Waals surface area contributed by atoms with Crippen LogP contribution in [0.3, 0.4) is 0 Å². The SMILES string of the molecule is O=c1cc(N2CCCCCC2)cc(-c2cccc3c2Sc2ccccc2S3)[nH]1. The maximum atomic E-state index is 12.5. The van der Waals surface area contributed by atoms with E-state index < -0.39 is 0 Å². The molecule has 1 saturated heterocycles. The molecule has 0 aliphatic carbocycles. The van der Waals surface area contributed by atoms with Crippen molar-refractivity contribution in [1.29, 1.82) is 0 Å². The highest BCUT2D eigenvalue weighted by molar-refractivity contribution is 8.05. The Morgan fingerprint density at radius 3 is 2.29 bits per heavy atom. The number of fused-ring (bicyclic) bond motifs is 2. The summed E-state index contributed by atoms with van der Waals surface area (Å²) in [4.78, 5) is 23.0. The summed E-state index contributed by atoms with van der Waals surface area (Å²) in [6.45, 7) is 2.07. The predicted molar refractivity (Wildman–Crippen MR) is 118 cm³/mol. The molecule has 2 aromatic carbocycles. The van der Waals surface area contributed by atoms with Crippen LogP contribution in [-0.2, 0) is 0 Å². The average molecular weight is 407 g/mol. The second kappa shape index (κ2) is 7.72. The van der Waals surface area contributed by atoms with Crippen molar-refractivity contribution in [3.63, 3.8) is 0 Å². The Labute approximate surface area is 173 Å². The summed E-state index contributed by atoms with van der Waals surface area (Å²) < 4.78 is 0. The van der Waals surface area contributed by atoms with E-state index in [4.69, 9.17) is 0 Å². The van der Waals surface area contributed by atoms with Gasteiger partial charge in [-0.05, 0) is 37.1 Å². The van der Waals surface area contributed by atoms with E-state index in [9.17, 15) is 4.79 Å². The van der Waals surface area contributed by atoms with E-state index in [0.29, 0.717) is 0 Å². The normalized spacial score (nSPS) is 16.2. The van der Waals surface area contributed by atoms with Crippen LogP contribution in [0, 0.1) is 0 Å². The quantitative estimate of drug-likeness (QED) is 0.440. The Balaban J connectivity index is 1.57. The lowest BCUT2D eigenvalue weighted by molar-refractivity contribution is 0.726. The number of hydrogen-bond acceptors (Lipinski definition) is 4. The van der Waals surface area contributed by atoms with E-state index in [1.165, 1.54) is 45.3 Å². The Morgan fingerprint density at radius 1 is 0.786 bits per heavy atom. The van der Waals surface area contributed by atoms with E-state index in [0.717, 1.165) is 30.0 Å². The highest BCUT2D eigenvalue weighted by atomic mass is 32.2. The second-order valence-corrected chi connectivity index (χ2v) is 9.44. The van der Waals surface area contributed by atoms with E-state index in [1.807, 2.05) is 11.8 Å². The summed E-state index contributed by atoms with van der Waals surface area (Å²) >= 11 is 3.61. The highest BCUT2D eigenvalue weighted by Crippen LogP contribution is 2.51. The number of pyridine rings is 1. The molecule has 0 amide bonds. The fourth-order valence-corrected chi connectivity index (χ4v) is 6.34. The van der Waals surface area contributed by atoms with Crippen LogP contribution in [0.5, 0.6) is 0 Å². The number of benzene rings is 2. The highest BCUT2D eigenvalue weighted by Gasteiger charge is 2.21. The van der Waals surface area contributed by atoms with Gasteiger partial charge in [0, 0.05) is 50.0 Å². The van der Waals surface area contributed by atoms with Gasteiger partial charge in [-0.1, -0.05) is 60.6 Å². The van der Waals surface area contributed by atoms with Crippen LogP contribution in [0.25, 0.3) is 11.3 Å². The molecule has 5 heteroatoms. The van der Waals surface area contributed by atoms with E-state index in [2.05, 4.69) is 58.4 Å². The van der Waals surface area contributed by atoms with Crippen LogP contribution < -0.4 is 10.5 Å². The zero-order valence-electron chi connectivity index (χ0n) is 15.6. The van der Waals surface area contributed by atoms with Gasteiger partial charge in [0.15, 0.2) is 0 Å². The molecule has 28 heavy (non-hydrogen) atoms. The Hall–Kier alpha value is -2.11. The summed E-state index contributed by atoms with van der Waals surface area (Å²) in [6, 6.07) is 18.8. The number of aromatic amines is 1. The standard InChI is InChI=1S/C23H22N2OS2/c26-22-15-16(25-12-5-1-2-6-13-25)14-18(24-22)17-8-7-11-21-23(17)28-20-10-4-3-9-19(20)27-21/h3-4,7-11,14-15H,1-2,5-6,12-13H2,(H,24,26). The molecule has 3 heterocycles. The molecule has 0 radical (unpaired) electrons. The molecule has 0 atom stereocenters. The molecule has 0 spiro atoms. The van der Waals surface area contributed by atoms with Gasteiger partial charge in [-0.3, -0.25) is 4.79 Å². The van der Waals surface area contributed by atoms with Crippen molar-refractivity contribution in [1.82, 2.24) is 4.98 Å². The molecule has 0 unspecified atom stereocenters. The molecule has 142 valence electrons. The van der Waals surface area contributed by atoms with Gasteiger partial charge < -0.3 is 9.88 Å². The van der Waals surface area contributed by atoms with Gasteiger partial charge in [0.05, 0.1) is 5.69 Å². The van der Waals surface area contributed by atoms with Crippen molar-refractivity contribution < 1.29 is 0 Å². The minimum atomic E-state index is -0.0248. The van der Waals surface area contributed by atoms with Crippen molar-refractivity contribution in [3.8, 4) is 11.3 Å². The smallest absolute Gasteiger partial charge is 0.250 e. The first kappa shape index (κ1) is 18.0. The monoisotopic (exact) mass is 406 g/mol. The molecule has 1 fully saturated rings. The molecule has 2 aliphatic heterocycles. The Bertz CT molecular complexity index is 1070. The predicted octanol–water partition coefficient (Wildman–Crippen LogP) is 6.04. The largest absolute Gasteiger partial charge is 0.371 e. The molecular weight excluding hydrogens is 384 g/mol. The summed E-state index contributed by atoms with van der Waals surface area (Å²) in [7, 11) is 0. The minimum absolute atomic E-state index is 0.0248. The molecule has 3 aromatic rings. The summed E-state index contributed by atoms with van der Waals surface area (Å²) in [6.07, 6.45) is 4.97. The maximum absolute atomic E-state index is 12.5. The third-order valence-corrected chi connectivity index (χ3v) is 7.96. The average Bonchev–Trinajstić information content (AvgIpc) is 3.01. The van der Waals surface area contributed by atoms with Crippen molar-refractivity contribution in [2.24, 2.45) is 0 Å². The molecule has 3 nitrogen and oxygen atoms in total. The lowest BCUT2D eigenvalue weighted by Crippen LogP contribution is -2.25. The first-order valence-electron chi connectivity index (χ1n) is 9.85. The fraction of sp³-hybridized carbons (Fsp3) is 0.261. The van der Waals surface area contributed by atoms with Crippen molar-refractivity contribution in [2.45, 2.75) is 45.3 Å². The van der Waals surface area contributed by atoms with Gasteiger partial charge in [0.25, 0.3) is 0 Å². The molecule has 0 bridgehead atoms. The van der Waals surface area contributed by atoms with Crippen LogP contribution >= 0.6 is 23.5 Å². The molecule has 1 aromatic heterocycles. The molecule has 5 rings (SSSR count). The summed E-state index contributed by atoms with van der Waals surface area (Å²) in [5.41, 5.74) is 3.05. The number of nitrogens with one attached hydrogen (secondary N) is 1. The molecule has 1 N–H and O–H groups in total. The van der Waals surface area contributed by atoms with Gasteiger partial charge in [-0.25, -0.2) is 0 Å². The van der Waals surface area contributed by atoms with Gasteiger partial charge >= 0.3 is 0 Å². The van der Waals surface area contributed by atoms with Crippen LogP contribution in [0.4, 0.5) is 5.69 Å². The third kappa shape index (κ3) is 3.49. The van der Waals surface area contributed by atoms with Gasteiger partial charge in [-0.2, -0.15) is 0 Å². The zero-order valence-corrected chi connectivity index (χ0v) is 17.2.